The van der Waals surface area contributed by atoms with E-state index in [-0.39, 0.29) is 11.4 Å². The van der Waals surface area contributed by atoms with Gasteiger partial charge in [-0.25, -0.2) is 19.7 Å². The molecule has 0 aliphatic rings. The van der Waals surface area contributed by atoms with Crippen LogP contribution >= 0.6 is 0 Å². The highest BCUT2D eigenvalue weighted by molar-refractivity contribution is 5.85. The molecular formula is C13H8F6N4O3. The highest BCUT2D eigenvalue weighted by Crippen LogP contribution is 2.35. The molecule has 0 unspecified atom stereocenters. The van der Waals surface area contributed by atoms with Crippen molar-refractivity contribution >= 4 is 11.9 Å². The third kappa shape index (κ3) is 4.49. The minimum absolute atomic E-state index is 0.264. The number of nitrogens with zero attached hydrogens (tertiary/aromatic N) is 4. The van der Waals surface area contributed by atoms with Gasteiger partial charge in [0.2, 0.25) is 5.82 Å². The van der Waals surface area contributed by atoms with Gasteiger partial charge in [-0.3, -0.25) is 4.90 Å². The second-order valence-corrected chi connectivity index (χ2v) is 4.72. The molecule has 2 aromatic rings. The van der Waals surface area contributed by atoms with E-state index in [2.05, 4.69) is 19.7 Å². The number of hydrogen-bond donors (Lipinski definition) is 1. The van der Waals surface area contributed by atoms with Crippen LogP contribution in [-0.4, -0.2) is 39.6 Å². The fourth-order valence-electron chi connectivity index (χ4n) is 1.76. The molecule has 26 heavy (non-hydrogen) atoms. The maximum atomic E-state index is 12.5. The van der Waals surface area contributed by atoms with Crippen molar-refractivity contribution in [3.8, 4) is 16.9 Å². The zero-order chi connectivity index (χ0) is 19.7. The lowest BCUT2D eigenvalue weighted by Crippen LogP contribution is -2.25. The Labute approximate surface area is 140 Å². The maximum Gasteiger partial charge on any atom is 0.573 e. The van der Waals surface area contributed by atoms with E-state index in [0.717, 1.165) is 13.1 Å². The quantitative estimate of drug-likeness (QED) is 0.817. The first-order chi connectivity index (χ1) is 11.9. The molecule has 7 nitrogen and oxygen atoms in total. The van der Waals surface area contributed by atoms with Crippen LogP contribution < -0.4 is 9.64 Å². The summed E-state index contributed by atoms with van der Waals surface area (Å²) < 4.78 is 78.8. The van der Waals surface area contributed by atoms with Crippen LogP contribution in [0.2, 0.25) is 0 Å². The maximum absolute atomic E-state index is 12.5. The molecule has 1 N–H and O–H groups in total. The van der Waals surface area contributed by atoms with Gasteiger partial charge in [0.05, 0.1) is 6.20 Å². The van der Waals surface area contributed by atoms with Gasteiger partial charge in [0.1, 0.15) is 5.82 Å². The molecule has 0 fully saturated rings. The van der Waals surface area contributed by atoms with Gasteiger partial charge in [0, 0.05) is 30.6 Å². The first kappa shape index (κ1) is 19.2. The number of anilines is 1. The van der Waals surface area contributed by atoms with Crippen LogP contribution in [0.25, 0.3) is 11.1 Å². The number of amides is 1. The molecule has 2 heterocycles. The van der Waals surface area contributed by atoms with Crippen molar-refractivity contribution in [1.29, 1.82) is 0 Å². The number of rotatable bonds is 3. The molecular weight excluding hydrogens is 374 g/mol. The van der Waals surface area contributed by atoms with Crippen LogP contribution in [0.15, 0.2) is 24.7 Å². The van der Waals surface area contributed by atoms with E-state index in [1.807, 2.05) is 0 Å². The van der Waals surface area contributed by atoms with Crippen LogP contribution in [0.5, 0.6) is 5.75 Å². The van der Waals surface area contributed by atoms with Crippen LogP contribution in [0.3, 0.4) is 0 Å². The highest BCUT2D eigenvalue weighted by atomic mass is 19.4. The van der Waals surface area contributed by atoms with Gasteiger partial charge in [-0.2, -0.15) is 13.2 Å². The van der Waals surface area contributed by atoms with Gasteiger partial charge in [-0.05, 0) is 6.07 Å². The summed E-state index contributed by atoms with van der Waals surface area (Å²) in [5.41, 5.74) is -0.658. The van der Waals surface area contributed by atoms with Crippen molar-refractivity contribution in [2.75, 3.05) is 11.9 Å². The SMILES string of the molecule is CN(C(=O)O)c1cc(-c2cnc(C(F)(F)F)nc2)c(OC(F)(F)F)cn1. The summed E-state index contributed by atoms with van der Waals surface area (Å²) in [6, 6.07) is 0.890. The van der Waals surface area contributed by atoms with Crippen molar-refractivity contribution in [2.45, 2.75) is 12.5 Å². The molecule has 1 amide bonds. The molecule has 0 aliphatic carbocycles. The lowest BCUT2D eigenvalue weighted by atomic mass is 10.1. The zero-order valence-corrected chi connectivity index (χ0v) is 12.6. The minimum Gasteiger partial charge on any atom is -0.465 e. The van der Waals surface area contributed by atoms with Crippen molar-refractivity contribution in [1.82, 2.24) is 15.0 Å². The number of hydrogen-bond acceptors (Lipinski definition) is 5. The van der Waals surface area contributed by atoms with E-state index in [4.69, 9.17) is 5.11 Å². The Hall–Kier alpha value is -3.12. The van der Waals surface area contributed by atoms with E-state index in [1.165, 1.54) is 0 Å². The smallest absolute Gasteiger partial charge is 0.465 e. The number of halogens is 6. The molecule has 0 atom stereocenters. The normalized spacial score (nSPS) is 12.0. The fraction of sp³-hybridized carbons (Fsp3) is 0.231. The molecule has 0 aromatic carbocycles. The minimum atomic E-state index is -5.11. The lowest BCUT2D eigenvalue weighted by Gasteiger charge is -2.17. The molecule has 140 valence electrons. The second kappa shape index (κ2) is 6.65. The van der Waals surface area contributed by atoms with Gasteiger partial charge in [0.25, 0.3) is 0 Å². The van der Waals surface area contributed by atoms with Crippen molar-refractivity contribution in [2.24, 2.45) is 0 Å². The Morgan fingerprint density at radius 3 is 2.12 bits per heavy atom. The Morgan fingerprint density at radius 1 is 1.08 bits per heavy atom. The Morgan fingerprint density at radius 2 is 1.65 bits per heavy atom. The predicted octanol–water partition coefficient (Wildman–Crippen LogP) is 3.57. The Bertz CT molecular complexity index is 807. The van der Waals surface area contributed by atoms with Gasteiger partial charge >= 0.3 is 18.6 Å². The molecule has 0 aliphatic heterocycles. The summed E-state index contributed by atoms with van der Waals surface area (Å²) in [6.45, 7) is 0. The number of ether oxygens (including phenoxy) is 1. The molecule has 2 rings (SSSR count). The van der Waals surface area contributed by atoms with Gasteiger partial charge < -0.3 is 9.84 Å². The van der Waals surface area contributed by atoms with Gasteiger partial charge in [-0.1, -0.05) is 0 Å². The third-order valence-corrected chi connectivity index (χ3v) is 2.93. The van der Waals surface area contributed by atoms with E-state index >= 15 is 0 Å². The summed E-state index contributed by atoms with van der Waals surface area (Å²) >= 11 is 0. The standard InChI is InChI=1S/C13H8F6N4O3/c1-23(11(24)25)9-2-7(8(5-20-9)26-13(17,18)19)6-3-21-10(22-4-6)12(14,15)16/h2-5H,1H3,(H,24,25). The van der Waals surface area contributed by atoms with E-state index < -0.39 is 35.8 Å². The summed E-state index contributed by atoms with van der Waals surface area (Å²) in [5, 5.41) is 8.90. The van der Waals surface area contributed by atoms with E-state index in [1.54, 1.807) is 0 Å². The molecule has 0 saturated heterocycles. The molecule has 0 spiro atoms. The summed E-state index contributed by atoms with van der Waals surface area (Å²) in [5.74, 6) is -2.64. The third-order valence-electron chi connectivity index (χ3n) is 2.93. The zero-order valence-electron chi connectivity index (χ0n) is 12.6. The molecule has 2 aromatic heterocycles. The highest BCUT2D eigenvalue weighted by Gasteiger charge is 2.35. The summed E-state index contributed by atoms with van der Waals surface area (Å²) in [7, 11) is 1.07. The molecule has 0 bridgehead atoms. The average molecular weight is 382 g/mol. The van der Waals surface area contributed by atoms with Gasteiger partial charge in [-0.15, -0.1) is 13.2 Å². The molecule has 13 heteroatoms. The number of carbonyl (C=O) groups is 1. The Balaban J connectivity index is 2.55. The first-order valence-electron chi connectivity index (χ1n) is 6.50. The monoisotopic (exact) mass is 382 g/mol. The topological polar surface area (TPSA) is 88.4 Å². The second-order valence-electron chi connectivity index (χ2n) is 4.72. The van der Waals surface area contributed by atoms with Gasteiger partial charge in [0.15, 0.2) is 5.75 Å². The van der Waals surface area contributed by atoms with Crippen LogP contribution in [-0.2, 0) is 6.18 Å². The van der Waals surface area contributed by atoms with Crippen LogP contribution in [0, 0.1) is 0 Å². The fourth-order valence-corrected chi connectivity index (χ4v) is 1.76. The first-order valence-corrected chi connectivity index (χ1v) is 6.50. The number of pyridine rings is 1. The number of carboxylic acid groups (broad SMARTS) is 1. The van der Waals surface area contributed by atoms with E-state index in [0.29, 0.717) is 23.5 Å². The predicted molar refractivity (Wildman–Crippen MR) is 73.4 cm³/mol. The Kier molecular flexibility index (Phi) is 4.91. The average Bonchev–Trinajstić information content (AvgIpc) is 2.52. The van der Waals surface area contributed by atoms with Crippen molar-refractivity contribution in [3.63, 3.8) is 0 Å². The summed E-state index contributed by atoms with van der Waals surface area (Å²) in [4.78, 5) is 21.2. The van der Waals surface area contributed by atoms with E-state index in [9.17, 15) is 31.1 Å². The molecule has 0 radical (unpaired) electrons. The number of aromatic nitrogens is 3. The van der Waals surface area contributed by atoms with Crippen LogP contribution in [0.4, 0.5) is 37.0 Å². The number of alkyl halides is 6. The van der Waals surface area contributed by atoms with Crippen molar-refractivity contribution in [3.05, 3.63) is 30.5 Å². The molecule has 0 saturated carbocycles. The lowest BCUT2D eigenvalue weighted by molar-refractivity contribution is -0.274. The van der Waals surface area contributed by atoms with Crippen molar-refractivity contribution < 1.29 is 41.0 Å². The summed E-state index contributed by atoms with van der Waals surface area (Å²) in [6.07, 6.45) is -9.54. The van der Waals surface area contributed by atoms with Crippen LogP contribution in [0.1, 0.15) is 5.82 Å². The largest absolute Gasteiger partial charge is 0.573 e.